The number of hydrogen-bond donors (Lipinski definition) is 1. The quantitative estimate of drug-likeness (QED) is 0.946. The van der Waals surface area contributed by atoms with Gasteiger partial charge >= 0.3 is 0 Å². The number of nitrogens with zero attached hydrogens (tertiary/aromatic N) is 1. The minimum atomic E-state index is -0.825. The number of nitrogens with one attached hydrogen (secondary N) is 1. The van der Waals surface area contributed by atoms with E-state index in [-0.39, 0.29) is 5.91 Å². The third-order valence-corrected chi connectivity index (χ3v) is 3.75. The molecule has 23 heavy (non-hydrogen) atoms. The van der Waals surface area contributed by atoms with Crippen molar-refractivity contribution in [1.29, 1.82) is 0 Å². The molecular weight excluding hydrogens is 302 g/mol. The predicted molar refractivity (Wildman–Crippen MR) is 81.0 cm³/mol. The zero-order valence-corrected chi connectivity index (χ0v) is 12.1. The molecular formula is C17H14F2N2O2. The monoisotopic (exact) mass is 316 g/mol. The molecule has 1 heterocycles. The first-order valence-corrected chi connectivity index (χ1v) is 7.18. The van der Waals surface area contributed by atoms with Crippen molar-refractivity contribution in [3.05, 3.63) is 65.7 Å². The maximum absolute atomic E-state index is 13.6. The van der Waals surface area contributed by atoms with Gasteiger partial charge in [-0.25, -0.2) is 8.78 Å². The van der Waals surface area contributed by atoms with E-state index in [0.29, 0.717) is 13.0 Å². The van der Waals surface area contributed by atoms with E-state index in [9.17, 15) is 18.4 Å². The lowest BCUT2D eigenvalue weighted by atomic mass is 10.1. The van der Waals surface area contributed by atoms with Crippen LogP contribution in [0.1, 0.15) is 16.8 Å². The molecule has 1 unspecified atom stereocenters. The Hall–Kier alpha value is -2.76. The van der Waals surface area contributed by atoms with Crippen LogP contribution in [-0.2, 0) is 4.79 Å². The molecule has 1 aliphatic rings. The maximum atomic E-state index is 13.6. The second kappa shape index (κ2) is 6.16. The number of benzene rings is 2. The Kier molecular flexibility index (Phi) is 4.06. The van der Waals surface area contributed by atoms with Crippen molar-refractivity contribution in [1.82, 2.24) is 5.32 Å². The van der Waals surface area contributed by atoms with Gasteiger partial charge in [0.25, 0.3) is 5.91 Å². The summed E-state index contributed by atoms with van der Waals surface area (Å²) in [6.07, 6.45) is 0.413. The van der Waals surface area contributed by atoms with Crippen LogP contribution in [0.2, 0.25) is 0 Å². The molecule has 1 atom stereocenters. The average molecular weight is 316 g/mol. The van der Waals surface area contributed by atoms with Crippen molar-refractivity contribution >= 4 is 17.5 Å². The molecule has 0 bridgehead atoms. The fourth-order valence-electron chi connectivity index (χ4n) is 2.59. The number of carbonyl (C=O) groups excluding carboxylic acids is 2. The van der Waals surface area contributed by atoms with Crippen molar-refractivity contribution in [3.63, 3.8) is 0 Å². The number of anilines is 1. The lowest BCUT2D eigenvalue weighted by Gasteiger charge is -2.17. The third kappa shape index (κ3) is 3.06. The van der Waals surface area contributed by atoms with E-state index in [0.717, 1.165) is 23.9 Å². The van der Waals surface area contributed by atoms with E-state index in [1.165, 1.54) is 0 Å². The van der Waals surface area contributed by atoms with Gasteiger partial charge in [-0.3, -0.25) is 9.59 Å². The molecule has 0 aromatic heterocycles. The minimum Gasteiger partial charge on any atom is -0.340 e. The van der Waals surface area contributed by atoms with Crippen LogP contribution in [0.25, 0.3) is 0 Å². The summed E-state index contributed by atoms with van der Waals surface area (Å²) < 4.78 is 26.8. The van der Waals surface area contributed by atoms with Crippen molar-refractivity contribution in [2.24, 2.45) is 0 Å². The molecule has 0 saturated carbocycles. The number of hydrogen-bond acceptors (Lipinski definition) is 2. The molecule has 1 aliphatic heterocycles. The highest BCUT2D eigenvalue weighted by molar-refractivity contribution is 6.03. The van der Waals surface area contributed by atoms with Gasteiger partial charge in [0.2, 0.25) is 5.91 Å². The number of para-hydroxylation sites is 1. The summed E-state index contributed by atoms with van der Waals surface area (Å²) in [5, 5.41) is 2.48. The van der Waals surface area contributed by atoms with Crippen molar-refractivity contribution in [2.75, 3.05) is 11.4 Å². The van der Waals surface area contributed by atoms with E-state index >= 15 is 0 Å². The Balaban J connectivity index is 1.73. The van der Waals surface area contributed by atoms with E-state index < -0.39 is 29.1 Å². The summed E-state index contributed by atoms with van der Waals surface area (Å²) in [5.74, 6) is -2.59. The molecule has 2 aromatic rings. The summed E-state index contributed by atoms with van der Waals surface area (Å²) in [4.78, 5) is 26.0. The van der Waals surface area contributed by atoms with Gasteiger partial charge in [0.1, 0.15) is 17.7 Å². The molecule has 0 aliphatic carbocycles. The van der Waals surface area contributed by atoms with Crippen molar-refractivity contribution in [2.45, 2.75) is 12.5 Å². The van der Waals surface area contributed by atoms with Gasteiger partial charge < -0.3 is 10.2 Å². The topological polar surface area (TPSA) is 49.4 Å². The van der Waals surface area contributed by atoms with Crippen molar-refractivity contribution in [3.8, 4) is 0 Å². The smallest absolute Gasteiger partial charge is 0.255 e. The molecule has 1 N–H and O–H groups in total. The summed E-state index contributed by atoms with van der Waals surface area (Å²) in [5.41, 5.74) is 0.335. The van der Waals surface area contributed by atoms with Crippen LogP contribution in [0.15, 0.2) is 48.5 Å². The lowest BCUT2D eigenvalue weighted by molar-refractivity contribution is -0.118. The molecule has 6 heteroatoms. The number of rotatable bonds is 3. The fourth-order valence-corrected chi connectivity index (χ4v) is 2.59. The van der Waals surface area contributed by atoms with Crippen LogP contribution in [0, 0.1) is 11.6 Å². The normalized spacial score (nSPS) is 17.4. The Morgan fingerprint density at radius 3 is 2.61 bits per heavy atom. The van der Waals surface area contributed by atoms with Gasteiger partial charge in [-0.2, -0.15) is 0 Å². The summed E-state index contributed by atoms with van der Waals surface area (Å²) >= 11 is 0. The van der Waals surface area contributed by atoms with Crippen LogP contribution in [-0.4, -0.2) is 24.4 Å². The van der Waals surface area contributed by atoms with E-state index in [1.807, 2.05) is 18.2 Å². The minimum absolute atomic E-state index is 0.263. The lowest BCUT2D eigenvalue weighted by Crippen LogP contribution is -2.41. The fraction of sp³-hybridized carbons (Fsp3) is 0.176. The van der Waals surface area contributed by atoms with Gasteiger partial charge in [0, 0.05) is 12.2 Å². The molecule has 4 nitrogen and oxygen atoms in total. The average Bonchev–Trinajstić information content (AvgIpc) is 2.91. The molecule has 1 fully saturated rings. The van der Waals surface area contributed by atoms with Gasteiger partial charge in [0.05, 0.1) is 5.56 Å². The number of halogens is 2. The third-order valence-electron chi connectivity index (χ3n) is 3.75. The predicted octanol–water partition coefficient (Wildman–Crippen LogP) is 2.50. The molecule has 3 rings (SSSR count). The Morgan fingerprint density at radius 1 is 1.13 bits per heavy atom. The van der Waals surface area contributed by atoms with Crippen molar-refractivity contribution < 1.29 is 18.4 Å². The largest absolute Gasteiger partial charge is 0.340 e. The number of carbonyl (C=O) groups is 2. The van der Waals surface area contributed by atoms with Crippen LogP contribution in [0.5, 0.6) is 0 Å². The van der Waals surface area contributed by atoms with E-state index in [1.54, 1.807) is 17.0 Å². The van der Waals surface area contributed by atoms with E-state index in [2.05, 4.69) is 5.32 Å². The summed E-state index contributed by atoms with van der Waals surface area (Å²) in [7, 11) is 0. The second-order valence-corrected chi connectivity index (χ2v) is 5.26. The van der Waals surface area contributed by atoms with Gasteiger partial charge in [-0.1, -0.05) is 18.2 Å². The Bertz CT molecular complexity index is 750. The van der Waals surface area contributed by atoms with E-state index in [4.69, 9.17) is 0 Å². The molecule has 1 saturated heterocycles. The molecule has 0 spiro atoms. The summed E-state index contributed by atoms with van der Waals surface area (Å²) in [6, 6.07) is 11.0. The van der Waals surface area contributed by atoms with Crippen LogP contribution in [0.4, 0.5) is 14.5 Å². The van der Waals surface area contributed by atoms with Gasteiger partial charge in [0.15, 0.2) is 0 Å². The van der Waals surface area contributed by atoms with Crippen LogP contribution < -0.4 is 10.2 Å². The highest BCUT2D eigenvalue weighted by Gasteiger charge is 2.34. The molecule has 118 valence electrons. The van der Waals surface area contributed by atoms with Crippen LogP contribution >= 0.6 is 0 Å². The standard InChI is InChI=1S/C17H14F2N2O2/c18-11-6-7-14(19)13(10-11)16(22)20-15-8-9-21(17(15)23)12-4-2-1-3-5-12/h1-7,10,15H,8-9H2,(H,20,22). The first-order chi connectivity index (χ1) is 11.1. The highest BCUT2D eigenvalue weighted by atomic mass is 19.1. The Morgan fingerprint density at radius 2 is 1.87 bits per heavy atom. The molecule has 2 amide bonds. The zero-order chi connectivity index (χ0) is 16.4. The second-order valence-electron chi connectivity index (χ2n) is 5.26. The van der Waals surface area contributed by atoms with Gasteiger partial charge in [-0.05, 0) is 36.8 Å². The Labute approximate surface area is 131 Å². The highest BCUT2D eigenvalue weighted by Crippen LogP contribution is 2.21. The SMILES string of the molecule is O=C(NC1CCN(c2ccccc2)C1=O)c1cc(F)ccc1F. The summed E-state index contributed by atoms with van der Waals surface area (Å²) in [6.45, 7) is 0.458. The zero-order valence-electron chi connectivity index (χ0n) is 12.1. The molecule has 0 radical (unpaired) electrons. The van der Waals surface area contributed by atoms with Gasteiger partial charge in [-0.15, -0.1) is 0 Å². The maximum Gasteiger partial charge on any atom is 0.255 e. The molecule has 2 aromatic carbocycles. The number of amides is 2. The van der Waals surface area contributed by atoms with Crippen LogP contribution in [0.3, 0.4) is 0 Å². The first kappa shape index (κ1) is 15.1. The first-order valence-electron chi connectivity index (χ1n) is 7.18.